The molecule has 0 bridgehead atoms. The molecule has 3 N–H and O–H groups in total. The average molecular weight is 404 g/mol. The number of rotatable bonds is 13. The van der Waals surface area contributed by atoms with E-state index in [0.717, 1.165) is 75.8 Å². The van der Waals surface area contributed by atoms with E-state index < -0.39 is 12.0 Å². The molecule has 0 aromatic carbocycles. The van der Waals surface area contributed by atoms with Crippen LogP contribution in [-0.2, 0) is 22.4 Å². The van der Waals surface area contributed by atoms with Crippen LogP contribution in [0.5, 0.6) is 0 Å². The maximum atomic E-state index is 12.1. The van der Waals surface area contributed by atoms with Gasteiger partial charge >= 0.3 is 5.97 Å². The Hall–Kier alpha value is -2.11. The number of pyridine rings is 1. The van der Waals surface area contributed by atoms with Gasteiger partial charge in [0, 0.05) is 18.2 Å². The van der Waals surface area contributed by atoms with Crippen molar-refractivity contribution < 1.29 is 14.7 Å². The topological polar surface area (TPSA) is 91.3 Å². The van der Waals surface area contributed by atoms with Gasteiger partial charge in [0.25, 0.3) is 0 Å². The molecule has 1 amide bonds. The molecule has 0 saturated heterocycles. The van der Waals surface area contributed by atoms with Crippen molar-refractivity contribution in [3.63, 3.8) is 0 Å². The van der Waals surface area contributed by atoms with Crippen LogP contribution in [-0.4, -0.2) is 34.6 Å². The number of hydrogen-bond acceptors (Lipinski definition) is 4. The number of carbonyl (C=O) groups excluding carboxylic acids is 1. The highest BCUT2D eigenvalue weighted by atomic mass is 16.4. The third kappa shape index (κ3) is 7.67. The van der Waals surface area contributed by atoms with Gasteiger partial charge in [0.15, 0.2) is 0 Å². The molecule has 1 aliphatic heterocycles. The fraction of sp³-hybridized carbons (Fsp3) is 0.696. The molecule has 2 heterocycles. The summed E-state index contributed by atoms with van der Waals surface area (Å²) in [7, 11) is 0. The van der Waals surface area contributed by atoms with Crippen molar-refractivity contribution in [3.05, 3.63) is 23.4 Å². The number of aryl methyl sites for hydroxylation is 2. The summed E-state index contributed by atoms with van der Waals surface area (Å²) in [5, 5.41) is 15.5. The van der Waals surface area contributed by atoms with Crippen LogP contribution in [0.25, 0.3) is 0 Å². The summed E-state index contributed by atoms with van der Waals surface area (Å²) in [5.41, 5.74) is 2.47. The molecular weight excluding hydrogens is 366 g/mol. The van der Waals surface area contributed by atoms with Gasteiger partial charge < -0.3 is 15.7 Å². The van der Waals surface area contributed by atoms with Gasteiger partial charge in [0.1, 0.15) is 11.9 Å². The summed E-state index contributed by atoms with van der Waals surface area (Å²) >= 11 is 0. The van der Waals surface area contributed by atoms with Crippen molar-refractivity contribution in [2.75, 3.05) is 11.9 Å². The number of carbonyl (C=O) groups is 2. The summed E-state index contributed by atoms with van der Waals surface area (Å²) < 4.78 is 0. The van der Waals surface area contributed by atoms with E-state index in [1.165, 1.54) is 12.0 Å². The van der Waals surface area contributed by atoms with E-state index in [9.17, 15) is 14.7 Å². The molecule has 0 fully saturated rings. The van der Waals surface area contributed by atoms with Crippen molar-refractivity contribution in [1.29, 1.82) is 0 Å². The summed E-state index contributed by atoms with van der Waals surface area (Å²) in [5.74, 6) is -0.0982. The SMILES string of the molecule is CCC(CC)C(=O)NC(CCCCCCCc1ccc2c(n1)NCCC2)C(=O)O. The van der Waals surface area contributed by atoms with E-state index in [1.54, 1.807) is 0 Å². The minimum atomic E-state index is -0.934. The van der Waals surface area contributed by atoms with E-state index in [2.05, 4.69) is 22.8 Å². The molecule has 0 radical (unpaired) electrons. The number of nitrogens with one attached hydrogen (secondary N) is 2. The first kappa shape index (κ1) is 23.2. The normalized spacial score (nSPS) is 14.2. The van der Waals surface area contributed by atoms with Gasteiger partial charge in [0.05, 0.1) is 0 Å². The molecule has 162 valence electrons. The lowest BCUT2D eigenvalue weighted by atomic mass is 10.0. The van der Waals surface area contributed by atoms with Gasteiger partial charge in [0.2, 0.25) is 5.91 Å². The molecule has 0 spiro atoms. The number of hydrogen-bond donors (Lipinski definition) is 3. The van der Waals surface area contributed by atoms with Gasteiger partial charge in [-0.2, -0.15) is 0 Å². The van der Waals surface area contributed by atoms with Gasteiger partial charge in [-0.25, -0.2) is 9.78 Å². The summed E-state index contributed by atoms with van der Waals surface area (Å²) in [6.45, 7) is 4.93. The van der Waals surface area contributed by atoms with Crippen LogP contribution in [0.1, 0.15) is 82.9 Å². The Bertz CT molecular complexity index is 659. The molecular formula is C23H37N3O3. The molecule has 1 aromatic rings. The van der Waals surface area contributed by atoms with Gasteiger partial charge in [-0.1, -0.05) is 45.6 Å². The Morgan fingerprint density at radius 1 is 1.14 bits per heavy atom. The van der Waals surface area contributed by atoms with Crippen LogP contribution in [0.2, 0.25) is 0 Å². The molecule has 29 heavy (non-hydrogen) atoms. The Morgan fingerprint density at radius 3 is 2.59 bits per heavy atom. The minimum Gasteiger partial charge on any atom is -0.480 e. The number of nitrogens with zero attached hydrogens (tertiary/aromatic N) is 1. The monoisotopic (exact) mass is 403 g/mol. The quantitative estimate of drug-likeness (QED) is 0.427. The summed E-state index contributed by atoms with van der Waals surface area (Å²) in [4.78, 5) is 28.3. The van der Waals surface area contributed by atoms with Gasteiger partial charge in [-0.05, 0) is 56.6 Å². The van der Waals surface area contributed by atoms with E-state index >= 15 is 0 Å². The molecule has 6 nitrogen and oxygen atoms in total. The van der Waals surface area contributed by atoms with Crippen LogP contribution < -0.4 is 10.6 Å². The van der Waals surface area contributed by atoms with Crippen LogP contribution >= 0.6 is 0 Å². The zero-order chi connectivity index (χ0) is 21.1. The molecule has 6 heteroatoms. The maximum absolute atomic E-state index is 12.1. The standard InChI is InChI=1S/C23H37N3O3/c1-3-17(4-2)22(27)26-20(23(28)29)13-9-7-5-6-8-12-19-15-14-18-11-10-16-24-21(18)25-19/h14-15,17,20H,3-13,16H2,1-2H3,(H,24,25)(H,26,27)(H,28,29). The van der Waals surface area contributed by atoms with Crippen molar-refractivity contribution in [1.82, 2.24) is 10.3 Å². The Labute approximate surface area is 174 Å². The first-order chi connectivity index (χ1) is 14.0. The fourth-order valence-electron chi connectivity index (χ4n) is 3.90. The number of carboxylic acid groups (broad SMARTS) is 1. The Morgan fingerprint density at radius 2 is 1.86 bits per heavy atom. The van der Waals surface area contributed by atoms with Crippen molar-refractivity contribution in [2.45, 2.75) is 90.5 Å². The number of amides is 1. The largest absolute Gasteiger partial charge is 0.480 e. The van der Waals surface area contributed by atoms with Crippen LogP contribution in [0.15, 0.2) is 12.1 Å². The number of aromatic nitrogens is 1. The zero-order valence-electron chi connectivity index (χ0n) is 18.0. The third-order valence-corrected chi connectivity index (χ3v) is 5.85. The second kappa shape index (κ2) is 12.5. The molecule has 1 unspecified atom stereocenters. The molecule has 1 aliphatic rings. The minimum absolute atomic E-state index is 0.0933. The Kier molecular flexibility index (Phi) is 9.95. The lowest BCUT2D eigenvalue weighted by molar-refractivity contribution is -0.142. The smallest absolute Gasteiger partial charge is 0.326 e. The zero-order valence-corrected chi connectivity index (χ0v) is 18.0. The first-order valence-corrected chi connectivity index (χ1v) is 11.3. The Balaban J connectivity index is 1.61. The van der Waals surface area contributed by atoms with E-state index in [-0.39, 0.29) is 11.8 Å². The highest BCUT2D eigenvalue weighted by Crippen LogP contribution is 2.20. The van der Waals surface area contributed by atoms with Gasteiger partial charge in [-0.15, -0.1) is 0 Å². The van der Waals surface area contributed by atoms with Crippen LogP contribution in [0, 0.1) is 5.92 Å². The van der Waals surface area contributed by atoms with E-state index in [4.69, 9.17) is 4.98 Å². The molecule has 1 atom stereocenters. The van der Waals surface area contributed by atoms with Gasteiger partial charge in [-0.3, -0.25) is 4.79 Å². The molecule has 2 rings (SSSR count). The van der Waals surface area contributed by atoms with Crippen molar-refractivity contribution in [2.24, 2.45) is 5.92 Å². The molecule has 1 aromatic heterocycles. The summed E-state index contributed by atoms with van der Waals surface area (Å²) in [6.07, 6.45) is 10.4. The van der Waals surface area contributed by atoms with Crippen molar-refractivity contribution in [3.8, 4) is 0 Å². The van der Waals surface area contributed by atoms with E-state index in [1.807, 2.05) is 13.8 Å². The second-order valence-electron chi connectivity index (χ2n) is 8.06. The number of unbranched alkanes of at least 4 members (excludes halogenated alkanes) is 4. The average Bonchev–Trinajstić information content (AvgIpc) is 2.72. The third-order valence-electron chi connectivity index (χ3n) is 5.85. The molecule has 0 saturated carbocycles. The number of anilines is 1. The predicted octanol–water partition coefficient (Wildman–Crippen LogP) is 4.33. The van der Waals surface area contributed by atoms with E-state index in [0.29, 0.717) is 6.42 Å². The highest BCUT2D eigenvalue weighted by Gasteiger charge is 2.23. The second-order valence-corrected chi connectivity index (χ2v) is 8.06. The predicted molar refractivity (Wildman–Crippen MR) is 116 cm³/mol. The van der Waals surface area contributed by atoms with Crippen molar-refractivity contribution >= 4 is 17.7 Å². The number of fused-ring (bicyclic) bond motifs is 1. The number of aliphatic carboxylic acids is 1. The summed E-state index contributed by atoms with van der Waals surface area (Å²) in [6, 6.07) is 3.58. The fourth-order valence-corrected chi connectivity index (χ4v) is 3.90. The number of carboxylic acids is 1. The maximum Gasteiger partial charge on any atom is 0.326 e. The highest BCUT2D eigenvalue weighted by molar-refractivity contribution is 5.84. The lowest BCUT2D eigenvalue weighted by Gasteiger charge is -2.18. The van der Waals surface area contributed by atoms with Crippen LogP contribution in [0.4, 0.5) is 5.82 Å². The first-order valence-electron chi connectivity index (χ1n) is 11.3. The van der Waals surface area contributed by atoms with Crippen LogP contribution in [0.3, 0.4) is 0 Å². The lowest BCUT2D eigenvalue weighted by Crippen LogP contribution is -2.43. The molecule has 0 aliphatic carbocycles.